The van der Waals surface area contributed by atoms with Crippen molar-refractivity contribution < 1.29 is 18.0 Å². The molecule has 0 unspecified atom stereocenters. The predicted octanol–water partition coefficient (Wildman–Crippen LogP) is 4.45. The van der Waals surface area contributed by atoms with Crippen LogP contribution in [-0.4, -0.2) is 15.0 Å². The summed E-state index contributed by atoms with van der Waals surface area (Å²) in [7, 11) is 0. The van der Waals surface area contributed by atoms with Crippen molar-refractivity contribution >= 4 is 40.0 Å². The van der Waals surface area contributed by atoms with E-state index in [4.69, 9.17) is 40.1 Å². The molecule has 1 aromatic carbocycles. The van der Waals surface area contributed by atoms with Crippen molar-refractivity contribution in [3.8, 4) is 11.8 Å². The third kappa shape index (κ3) is 2.90. The third-order valence-corrected chi connectivity index (χ3v) is 3.39. The highest BCUT2D eigenvalue weighted by atomic mass is 35.5. The van der Waals surface area contributed by atoms with Crippen LogP contribution in [0.15, 0.2) is 18.3 Å². The molecule has 0 amide bonds. The Morgan fingerprint density at radius 1 is 1.27 bits per heavy atom. The van der Waals surface area contributed by atoms with Gasteiger partial charge in [-0.15, -0.1) is 0 Å². The Morgan fingerprint density at radius 3 is 2.23 bits per heavy atom. The van der Waals surface area contributed by atoms with Gasteiger partial charge in [0.05, 0.1) is 21.8 Å². The fourth-order valence-electron chi connectivity index (χ4n) is 1.72. The van der Waals surface area contributed by atoms with E-state index in [1.54, 1.807) is 6.07 Å². The fourth-order valence-corrected chi connectivity index (χ4v) is 2.55. The minimum absolute atomic E-state index is 0.160. The average Bonchev–Trinajstić information content (AvgIpc) is 2.80. The number of alkyl halides is 3. The van der Waals surface area contributed by atoms with Gasteiger partial charge in [0.1, 0.15) is 23.0 Å². The van der Waals surface area contributed by atoms with Gasteiger partial charge >= 0.3 is 6.18 Å². The fraction of sp³-hybridized carbons (Fsp3) is 0.0833. The van der Waals surface area contributed by atoms with Crippen LogP contribution in [0.5, 0.6) is 0 Å². The van der Waals surface area contributed by atoms with Gasteiger partial charge in [0.15, 0.2) is 0 Å². The zero-order valence-corrected chi connectivity index (χ0v) is 12.5. The SMILES string of the molecule is N#Cc1cnn(-c2c(Cl)cc(C(F)(F)F)cc2Cl)c1C(=O)Cl. The van der Waals surface area contributed by atoms with Crippen molar-refractivity contribution in [2.24, 2.45) is 0 Å². The van der Waals surface area contributed by atoms with Crippen molar-refractivity contribution in [2.75, 3.05) is 0 Å². The molecular weight excluding hydrogens is 366 g/mol. The quantitative estimate of drug-likeness (QED) is 0.736. The van der Waals surface area contributed by atoms with Crippen molar-refractivity contribution in [3.63, 3.8) is 0 Å². The monoisotopic (exact) mass is 367 g/mol. The van der Waals surface area contributed by atoms with Gasteiger partial charge < -0.3 is 0 Å². The van der Waals surface area contributed by atoms with Crippen LogP contribution in [0.3, 0.4) is 0 Å². The van der Waals surface area contributed by atoms with E-state index in [1.165, 1.54) is 0 Å². The van der Waals surface area contributed by atoms with E-state index in [0.29, 0.717) is 12.1 Å². The summed E-state index contributed by atoms with van der Waals surface area (Å²) in [6.45, 7) is 0. The van der Waals surface area contributed by atoms with Crippen LogP contribution in [0.25, 0.3) is 5.69 Å². The maximum absolute atomic E-state index is 12.7. The summed E-state index contributed by atoms with van der Waals surface area (Å²) >= 11 is 17.0. The Balaban J connectivity index is 2.73. The minimum atomic E-state index is -4.64. The van der Waals surface area contributed by atoms with Gasteiger partial charge in [0, 0.05) is 0 Å². The molecule has 0 N–H and O–H groups in total. The second-order valence-corrected chi connectivity index (χ2v) is 5.15. The average molecular weight is 369 g/mol. The molecule has 22 heavy (non-hydrogen) atoms. The van der Waals surface area contributed by atoms with Gasteiger partial charge in [-0.3, -0.25) is 4.79 Å². The Kier molecular flexibility index (Phi) is 4.38. The lowest BCUT2D eigenvalue weighted by Gasteiger charge is -2.13. The number of carbonyl (C=O) groups is 1. The normalized spacial score (nSPS) is 11.3. The standard InChI is InChI=1S/C12H3Cl3F3N3O/c13-7-1-6(12(16,17)18)2-8(14)10(7)21-9(11(15)22)5(3-19)4-20-21/h1-2,4H. The zero-order chi connectivity index (χ0) is 16.7. The summed E-state index contributed by atoms with van der Waals surface area (Å²) in [5, 5.41) is 10.8. The summed E-state index contributed by atoms with van der Waals surface area (Å²) in [6, 6.07) is 2.96. The highest BCUT2D eigenvalue weighted by Crippen LogP contribution is 2.38. The van der Waals surface area contributed by atoms with Gasteiger partial charge in [-0.2, -0.15) is 23.5 Å². The smallest absolute Gasteiger partial charge is 0.274 e. The topological polar surface area (TPSA) is 58.7 Å². The van der Waals surface area contributed by atoms with Crippen molar-refractivity contribution in [1.82, 2.24) is 9.78 Å². The van der Waals surface area contributed by atoms with E-state index in [0.717, 1.165) is 10.9 Å². The highest BCUT2D eigenvalue weighted by molar-refractivity contribution is 6.67. The number of halogens is 6. The molecule has 0 saturated carbocycles. The number of hydrogen-bond acceptors (Lipinski definition) is 3. The van der Waals surface area contributed by atoms with Crippen LogP contribution >= 0.6 is 34.8 Å². The van der Waals surface area contributed by atoms with E-state index in [9.17, 15) is 18.0 Å². The Morgan fingerprint density at radius 2 is 1.82 bits per heavy atom. The second kappa shape index (κ2) is 5.80. The van der Waals surface area contributed by atoms with E-state index in [2.05, 4.69) is 5.10 Å². The predicted molar refractivity (Wildman–Crippen MR) is 73.5 cm³/mol. The number of carbonyl (C=O) groups excluding carboxylic acids is 1. The number of nitrogens with zero attached hydrogens (tertiary/aromatic N) is 3. The maximum Gasteiger partial charge on any atom is 0.416 e. The number of nitriles is 1. The van der Waals surface area contributed by atoms with Crippen LogP contribution in [0, 0.1) is 11.3 Å². The summed E-state index contributed by atoms with van der Waals surface area (Å²) in [5.74, 6) is 0. The summed E-state index contributed by atoms with van der Waals surface area (Å²) in [6.07, 6.45) is -3.61. The Hall–Kier alpha value is -1.75. The van der Waals surface area contributed by atoms with Crippen LogP contribution in [0.2, 0.25) is 10.0 Å². The molecule has 0 radical (unpaired) electrons. The van der Waals surface area contributed by atoms with Crippen LogP contribution < -0.4 is 0 Å². The molecule has 0 aliphatic heterocycles. The molecule has 0 fully saturated rings. The molecule has 0 aliphatic carbocycles. The highest BCUT2D eigenvalue weighted by Gasteiger charge is 2.33. The van der Waals surface area contributed by atoms with E-state index < -0.39 is 27.0 Å². The van der Waals surface area contributed by atoms with Gasteiger partial charge in [0.25, 0.3) is 5.24 Å². The molecule has 1 aromatic heterocycles. The molecule has 2 rings (SSSR count). The first kappa shape index (κ1) is 16.6. The van der Waals surface area contributed by atoms with Crippen LogP contribution in [0.1, 0.15) is 21.6 Å². The third-order valence-electron chi connectivity index (χ3n) is 2.63. The largest absolute Gasteiger partial charge is 0.416 e. The van der Waals surface area contributed by atoms with Crippen molar-refractivity contribution in [1.29, 1.82) is 5.26 Å². The molecule has 0 bridgehead atoms. The first-order valence-electron chi connectivity index (χ1n) is 5.41. The molecule has 2 aromatic rings. The van der Waals surface area contributed by atoms with Crippen LogP contribution in [0.4, 0.5) is 13.2 Å². The van der Waals surface area contributed by atoms with E-state index >= 15 is 0 Å². The van der Waals surface area contributed by atoms with E-state index in [1.807, 2.05) is 0 Å². The molecular formula is C12H3Cl3F3N3O. The zero-order valence-electron chi connectivity index (χ0n) is 10.2. The molecule has 0 aliphatic rings. The lowest BCUT2D eigenvalue weighted by molar-refractivity contribution is -0.137. The van der Waals surface area contributed by atoms with E-state index in [-0.39, 0.29) is 16.9 Å². The van der Waals surface area contributed by atoms with Gasteiger partial charge in [-0.1, -0.05) is 23.2 Å². The molecule has 1 heterocycles. The Bertz CT molecular complexity index is 785. The molecule has 10 heteroatoms. The van der Waals surface area contributed by atoms with Crippen molar-refractivity contribution in [3.05, 3.63) is 45.2 Å². The minimum Gasteiger partial charge on any atom is -0.274 e. The van der Waals surface area contributed by atoms with Gasteiger partial charge in [-0.25, -0.2) is 4.68 Å². The van der Waals surface area contributed by atoms with Gasteiger partial charge in [-0.05, 0) is 23.7 Å². The van der Waals surface area contributed by atoms with Crippen molar-refractivity contribution in [2.45, 2.75) is 6.18 Å². The molecule has 114 valence electrons. The van der Waals surface area contributed by atoms with Crippen LogP contribution in [-0.2, 0) is 6.18 Å². The Labute approximate surface area is 136 Å². The summed E-state index contributed by atoms with van der Waals surface area (Å²) < 4.78 is 38.9. The first-order valence-corrected chi connectivity index (χ1v) is 6.54. The number of benzene rings is 1. The lowest BCUT2D eigenvalue weighted by Crippen LogP contribution is -2.10. The number of aromatic nitrogens is 2. The molecule has 0 saturated heterocycles. The lowest BCUT2D eigenvalue weighted by atomic mass is 10.2. The second-order valence-electron chi connectivity index (χ2n) is 3.99. The maximum atomic E-state index is 12.7. The number of rotatable bonds is 2. The summed E-state index contributed by atoms with van der Waals surface area (Å²) in [4.78, 5) is 11.4. The molecule has 0 atom stereocenters. The molecule has 4 nitrogen and oxygen atoms in total. The first-order chi connectivity index (χ1) is 10.2. The summed E-state index contributed by atoms with van der Waals surface area (Å²) in [5.41, 5.74) is -1.74. The van der Waals surface area contributed by atoms with Gasteiger partial charge in [0.2, 0.25) is 0 Å². The molecule has 0 spiro atoms. The number of hydrogen-bond donors (Lipinski definition) is 0.